The van der Waals surface area contributed by atoms with Gasteiger partial charge in [0.2, 0.25) is 5.91 Å². The molecule has 4 N–H and O–H groups in total. The molecule has 0 aliphatic rings. The molecule has 0 spiro atoms. The number of carboxylic acid groups (broad SMARTS) is 1. The predicted octanol–water partition coefficient (Wildman–Crippen LogP) is 0.512. The summed E-state index contributed by atoms with van der Waals surface area (Å²) in [5.41, 5.74) is 5.57. The van der Waals surface area contributed by atoms with Crippen LogP contribution in [0.3, 0.4) is 0 Å². The van der Waals surface area contributed by atoms with Gasteiger partial charge in [0.15, 0.2) is 0 Å². The van der Waals surface area contributed by atoms with E-state index in [1.807, 2.05) is 5.38 Å². The van der Waals surface area contributed by atoms with Crippen molar-refractivity contribution in [2.24, 2.45) is 5.73 Å². The molecule has 0 saturated carbocycles. The summed E-state index contributed by atoms with van der Waals surface area (Å²) in [6.45, 7) is 1.81. The maximum absolute atomic E-state index is 11.6. The van der Waals surface area contributed by atoms with Crippen molar-refractivity contribution in [3.8, 4) is 0 Å². The van der Waals surface area contributed by atoms with Gasteiger partial charge in [-0.1, -0.05) is 0 Å². The Kier molecular flexibility index (Phi) is 5.05. The lowest BCUT2D eigenvalue weighted by atomic mass is 10.1. The maximum atomic E-state index is 11.6. The van der Waals surface area contributed by atoms with Gasteiger partial charge >= 0.3 is 5.97 Å². The molecule has 2 unspecified atom stereocenters. The van der Waals surface area contributed by atoms with Crippen LogP contribution in [0.25, 0.3) is 0 Å². The zero-order chi connectivity index (χ0) is 12.8. The van der Waals surface area contributed by atoms with Crippen LogP contribution >= 0.6 is 11.3 Å². The van der Waals surface area contributed by atoms with Crippen molar-refractivity contribution >= 4 is 23.2 Å². The van der Waals surface area contributed by atoms with Gasteiger partial charge in [0.1, 0.15) is 5.01 Å². The summed E-state index contributed by atoms with van der Waals surface area (Å²) in [6, 6.07) is -1.01. The number of aliphatic carboxylic acids is 1. The molecule has 1 heterocycles. The molecule has 94 valence electrons. The van der Waals surface area contributed by atoms with Crippen molar-refractivity contribution in [2.45, 2.75) is 31.8 Å². The number of aromatic nitrogens is 1. The second-order valence-corrected chi connectivity index (χ2v) is 4.57. The van der Waals surface area contributed by atoms with Crippen LogP contribution in [0.1, 0.15) is 30.8 Å². The number of carbonyl (C=O) groups excluding carboxylic acids is 1. The number of nitrogens with zero attached hydrogens (tertiary/aromatic N) is 1. The van der Waals surface area contributed by atoms with Crippen LogP contribution < -0.4 is 11.1 Å². The van der Waals surface area contributed by atoms with Gasteiger partial charge in [-0.3, -0.25) is 9.59 Å². The fourth-order valence-electron chi connectivity index (χ4n) is 1.24. The number of carboxylic acids is 1. The van der Waals surface area contributed by atoms with Gasteiger partial charge in [-0.15, -0.1) is 11.3 Å². The first-order valence-corrected chi connectivity index (χ1v) is 6.05. The minimum absolute atomic E-state index is 0.111. The van der Waals surface area contributed by atoms with Crippen LogP contribution in [0, 0.1) is 0 Å². The molecule has 0 aromatic carbocycles. The molecule has 0 bridgehead atoms. The van der Waals surface area contributed by atoms with E-state index in [0.717, 1.165) is 5.01 Å². The first-order valence-electron chi connectivity index (χ1n) is 5.18. The number of hydrogen-bond donors (Lipinski definition) is 3. The Labute approximate surface area is 103 Å². The number of amides is 1. The Balaban J connectivity index is 2.40. The summed E-state index contributed by atoms with van der Waals surface area (Å²) >= 11 is 1.44. The number of hydrogen-bond acceptors (Lipinski definition) is 5. The first-order chi connectivity index (χ1) is 8.00. The van der Waals surface area contributed by atoms with Crippen molar-refractivity contribution in [1.82, 2.24) is 10.3 Å². The van der Waals surface area contributed by atoms with E-state index in [1.165, 1.54) is 11.3 Å². The second kappa shape index (κ2) is 6.31. The largest absolute Gasteiger partial charge is 0.481 e. The van der Waals surface area contributed by atoms with E-state index >= 15 is 0 Å². The minimum atomic E-state index is -0.957. The summed E-state index contributed by atoms with van der Waals surface area (Å²) in [5.74, 6) is -1.31. The molecule has 6 nitrogen and oxygen atoms in total. The van der Waals surface area contributed by atoms with Gasteiger partial charge < -0.3 is 16.2 Å². The summed E-state index contributed by atoms with van der Waals surface area (Å²) in [4.78, 5) is 26.0. The molecule has 17 heavy (non-hydrogen) atoms. The summed E-state index contributed by atoms with van der Waals surface area (Å²) < 4.78 is 0. The van der Waals surface area contributed by atoms with E-state index in [9.17, 15) is 9.59 Å². The number of nitrogens with one attached hydrogen (secondary N) is 1. The van der Waals surface area contributed by atoms with Crippen LogP contribution in [0.5, 0.6) is 0 Å². The topological polar surface area (TPSA) is 105 Å². The Morgan fingerprint density at radius 2 is 2.35 bits per heavy atom. The molecule has 0 aliphatic carbocycles. The highest BCUT2D eigenvalue weighted by atomic mass is 32.1. The molecule has 0 fully saturated rings. The van der Waals surface area contributed by atoms with Gasteiger partial charge in [0.05, 0.1) is 12.1 Å². The maximum Gasteiger partial charge on any atom is 0.303 e. The quantitative estimate of drug-likeness (QED) is 0.688. The molecule has 0 radical (unpaired) electrons. The Hall–Kier alpha value is -1.47. The third-order valence-electron chi connectivity index (χ3n) is 2.19. The SMILES string of the molecule is CC(NC(=O)C(N)CCC(=O)O)c1nccs1. The minimum Gasteiger partial charge on any atom is -0.481 e. The molecule has 1 rings (SSSR count). The third kappa shape index (κ3) is 4.49. The number of thiazole rings is 1. The van der Waals surface area contributed by atoms with E-state index < -0.39 is 12.0 Å². The molecule has 2 atom stereocenters. The van der Waals surface area contributed by atoms with Crippen LogP contribution in [0.15, 0.2) is 11.6 Å². The summed E-state index contributed by atoms with van der Waals surface area (Å²) in [5, 5.41) is 13.8. The normalized spacial score (nSPS) is 14.0. The van der Waals surface area contributed by atoms with E-state index in [2.05, 4.69) is 10.3 Å². The average Bonchev–Trinajstić information content (AvgIpc) is 2.78. The monoisotopic (exact) mass is 257 g/mol. The second-order valence-electron chi connectivity index (χ2n) is 3.64. The molecule has 0 aliphatic heterocycles. The van der Waals surface area contributed by atoms with Gasteiger partial charge in [-0.05, 0) is 13.3 Å². The standard InChI is InChI=1S/C10H15N3O3S/c1-6(10-12-4-5-17-10)13-9(16)7(11)2-3-8(14)15/h4-7H,2-3,11H2,1H3,(H,13,16)(H,14,15). The average molecular weight is 257 g/mol. The van der Waals surface area contributed by atoms with Gasteiger partial charge in [-0.25, -0.2) is 4.98 Å². The van der Waals surface area contributed by atoms with E-state index in [-0.39, 0.29) is 24.8 Å². The van der Waals surface area contributed by atoms with E-state index in [0.29, 0.717) is 0 Å². The van der Waals surface area contributed by atoms with Crippen molar-refractivity contribution in [3.63, 3.8) is 0 Å². The molecular weight excluding hydrogens is 242 g/mol. The summed E-state index contributed by atoms with van der Waals surface area (Å²) in [6.07, 6.45) is 1.68. The summed E-state index contributed by atoms with van der Waals surface area (Å²) in [7, 11) is 0. The van der Waals surface area contributed by atoms with Crippen molar-refractivity contribution in [3.05, 3.63) is 16.6 Å². The lowest BCUT2D eigenvalue weighted by Gasteiger charge is -2.15. The fourth-order valence-corrected chi connectivity index (χ4v) is 1.89. The molecule has 0 saturated heterocycles. The smallest absolute Gasteiger partial charge is 0.303 e. The zero-order valence-corrected chi connectivity index (χ0v) is 10.2. The van der Waals surface area contributed by atoms with Crippen molar-refractivity contribution < 1.29 is 14.7 Å². The van der Waals surface area contributed by atoms with Gasteiger partial charge in [0.25, 0.3) is 0 Å². The van der Waals surface area contributed by atoms with Crippen LogP contribution in [-0.4, -0.2) is 28.0 Å². The first kappa shape index (κ1) is 13.6. The molecule has 1 amide bonds. The van der Waals surface area contributed by atoms with Gasteiger partial charge in [0, 0.05) is 18.0 Å². The Morgan fingerprint density at radius 3 is 2.88 bits per heavy atom. The molecule has 7 heteroatoms. The highest BCUT2D eigenvalue weighted by Crippen LogP contribution is 2.14. The van der Waals surface area contributed by atoms with Crippen LogP contribution in [0.2, 0.25) is 0 Å². The lowest BCUT2D eigenvalue weighted by molar-refractivity contribution is -0.137. The highest BCUT2D eigenvalue weighted by molar-refractivity contribution is 7.09. The number of nitrogens with two attached hydrogens (primary N) is 1. The predicted molar refractivity (Wildman–Crippen MR) is 63.5 cm³/mol. The van der Waals surface area contributed by atoms with E-state index in [4.69, 9.17) is 10.8 Å². The van der Waals surface area contributed by atoms with E-state index in [1.54, 1.807) is 13.1 Å². The highest BCUT2D eigenvalue weighted by Gasteiger charge is 2.18. The number of rotatable bonds is 6. The van der Waals surface area contributed by atoms with Gasteiger partial charge in [-0.2, -0.15) is 0 Å². The Bertz CT molecular complexity index is 380. The lowest BCUT2D eigenvalue weighted by Crippen LogP contribution is -2.41. The molecular formula is C10H15N3O3S. The van der Waals surface area contributed by atoms with Crippen molar-refractivity contribution in [2.75, 3.05) is 0 Å². The third-order valence-corrected chi connectivity index (χ3v) is 3.14. The van der Waals surface area contributed by atoms with Crippen LogP contribution in [-0.2, 0) is 9.59 Å². The Morgan fingerprint density at radius 1 is 1.65 bits per heavy atom. The van der Waals surface area contributed by atoms with Crippen molar-refractivity contribution in [1.29, 1.82) is 0 Å². The number of carbonyl (C=O) groups is 2. The molecule has 1 aromatic rings. The van der Waals surface area contributed by atoms with Crippen LogP contribution in [0.4, 0.5) is 0 Å². The molecule has 1 aromatic heterocycles. The fraction of sp³-hybridized carbons (Fsp3) is 0.500. The zero-order valence-electron chi connectivity index (χ0n) is 9.42.